The van der Waals surface area contributed by atoms with Gasteiger partial charge in [0.2, 0.25) is 0 Å². The second kappa shape index (κ2) is 7.84. The third kappa shape index (κ3) is 3.71. The fourth-order valence-corrected chi connectivity index (χ4v) is 3.80. The van der Waals surface area contributed by atoms with Crippen LogP contribution >= 0.6 is 23.4 Å². The lowest BCUT2D eigenvalue weighted by molar-refractivity contribution is -0.136. The number of rotatable bonds is 5. The highest BCUT2D eigenvalue weighted by atomic mass is 35.5. The van der Waals surface area contributed by atoms with Crippen LogP contribution in [0.25, 0.3) is 0 Å². The van der Waals surface area contributed by atoms with Crippen molar-refractivity contribution in [3.63, 3.8) is 0 Å². The number of aryl methyl sites for hydroxylation is 1. The topological polar surface area (TPSA) is 85.2 Å². The molecule has 2 heterocycles. The van der Waals surface area contributed by atoms with Gasteiger partial charge in [0, 0.05) is 35.9 Å². The predicted molar refractivity (Wildman–Crippen MR) is 98.8 cm³/mol. The number of nitrogens with zero attached hydrogens (tertiary/aromatic N) is 2. The monoisotopic (exact) mass is 392 g/mol. The molecule has 0 bridgehead atoms. The van der Waals surface area contributed by atoms with Gasteiger partial charge >= 0.3 is 12.0 Å². The van der Waals surface area contributed by atoms with Gasteiger partial charge in [0.1, 0.15) is 0 Å². The van der Waals surface area contributed by atoms with Crippen LogP contribution in [0.2, 0.25) is 5.02 Å². The Morgan fingerprint density at radius 1 is 1.42 bits per heavy atom. The maximum absolute atomic E-state index is 12.5. The molecule has 1 aromatic carbocycles. The van der Waals surface area contributed by atoms with Crippen LogP contribution in [-0.4, -0.2) is 34.4 Å². The number of thioether (sulfide) groups is 1. The first kappa shape index (κ1) is 18.3. The third-order valence-corrected chi connectivity index (χ3v) is 5.33. The number of imidazole rings is 1. The van der Waals surface area contributed by atoms with Gasteiger partial charge in [-0.25, -0.2) is 14.6 Å². The second-order valence-electron chi connectivity index (χ2n) is 5.55. The standard InChI is InChI=1S/C17H17ClN4O3S/c1-22-8-7-19-17(22)26-9-12-13(15(23)25-2)14(21-16(24)20-12)10-5-3-4-6-11(10)18/h3-8,14H,9H2,1-2H3,(H2,20,21,24)/t14-/m0/s1. The number of hydrogen-bond donors (Lipinski definition) is 2. The summed E-state index contributed by atoms with van der Waals surface area (Å²) < 4.78 is 6.80. The van der Waals surface area contributed by atoms with E-state index >= 15 is 0 Å². The number of urea groups is 1. The summed E-state index contributed by atoms with van der Waals surface area (Å²) in [6, 6.07) is 5.97. The highest BCUT2D eigenvalue weighted by molar-refractivity contribution is 7.99. The Bertz CT molecular complexity index is 880. The van der Waals surface area contributed by atoms with Crippen LogP contribution in [0.5, 0.6) is 0 Å². The zero-order valence-corrected chi connectivity index (χ0v) is 15.7. The van der Waals surface area contributed by atoms with E-state index in [0.717, 1.165) is 5.16 Å². The molecule has 7 nitrogen and oxygen atoms in total. The SMILES string of the molecule is COC(=O)C1=C(CSc2nccn2C)NC(=O)N[C@H]1c1ccccc1Cl. The normalized spacial score (nSPS) is 16.9. The number of benzene rings is 1. The molecule has 0 spiro atoms. The van der Waals surface area contributed by atoms with E-state index in [9.17, 15) is 9.59 Å². The molecule has 0 saturated carbocycles. The molecule has 9 heteroatoms. The van der Waals surface area contributed by atoms with Crippen molar-refractivity contribution < 1.29 is 14.3 Å². The number of ether oxygens (including phenoxy) is 1. The summed E-state index contributed by atoms with van der Waals surface area (Å²) in [7, 11) is 3.18. The minimum Gasteiger partial charge on any atom is -0.466 e. The van der Waals surface area contributed by atoms with Crippen LogP contribution in [0.3, 0.4) is 0 Å². The van der Waals surface area contributed by atoms with E-state index in [1.54, 1.807) is 30.5 Å². The van der Waals surface area contributed by atoms with Gasteiger partial charge in [0.15, 0.2) is 5.16 Å². The van der Waals surface area contributed by atoms with Crippen LogP contribution in [-0.2, 0) is 16.6 Å². The summed E-state index contributed by atoms with van der Waals surface area (Å²) in [5.41, 5.74) is 1.42. The van der Waals surface area contributed by atoms with Crippen LogP contribution < -0.4 is 10.6 Å². The Balaban J connectivity index is 2.00. The van der Waals surface area contributed by atoms with Crippen LogP contribution in [0.15, 0.2) is 53.1 Å². The molecule has 0 saturated heterocycles. The summed E-state index contributed by atoms with van der Waals surface area (Å²) in [5.74, 6) is -0.179. The zero-order valence-electron chi connectivity index (χ0n) is 14.2. The molecule has 3 rings (SSSR count). The van der Waals surface area contributed by atoms with E-state index in [2.05, 4.69) is 15.6 Å². The van der Waals surface area contributed by atoms with Gasteiger partial charge in [-0.2, -0.15) is 0 Å². The molecule has 1 aromatic heterocycles. The predicted octanol–water partition coefficient (Wildman–Crippen LogP) is 2.65. The van der Waals surface area contributed by atoms with Gasteiger partial charge in [0.25, 0.3) is 0 Å². The van der Waals surface area contributed by atoms with Crippen LogP contribution in [0.1, 0.15) is 11.6 Å². The van der Waals surface area contributed by atoms with Gasteiger partial charge < -0.3 is 19.9 Å². The number of hydrogen-bond acceptors (Lipinski definition) is 5. The van der Waals surface area contributed by atoms with Gasteiger partial charge in [-0.1, -0.05) is 41.6 Å². The Kier molecular flexibility index (Phi) is 5.53. The van der Waals surface area contributed by atoms with E-state index in [0.29, 0.717) is 27.6 Å². The highest BCUT2D eigenvalue weighted by Crippen LogP contribution is 2.33. The molecule has 136 valence electrons. The Morgan fingerprint density at radius 3 is 2.85 bits per heavy atom. The minimum atomic E-state index is -0.693. The zero-order chi connectivity index (χ0) is 18.7. The van der Waals surface area contributed by atoms with Crippen LogP contribution in [0.4, 0.5) is 4.79 Å². The van der Waals surface area contributed by atoms with Gasteiger partial charge in [-0.3, -0.25) is 0 Å². The minimum absolute atomic E-state index is 0.321. The first-order valence-electron chi connectivity index (χ1n) is 7.74. The quantitative estimate of drug-likeness (QED) is 0.603. The number of esters is 1. The molecule has 1 aliphatic heterocycles. The molecule has 0 unspecified atom stereocenters. The molecule has 2 N–H and O–H groups in total. The molecule has 0 fully saturated rings. The average molecular weight is 393 g/mol. The number of nitrogens with one attached hydrogen (secondary N) is 2. The maximum atomic E-state index is 12.5. The van der Waals surface area contributed by atoms with E-state index in [-0.39, 0.29) is 0 Å². The van der Waals surface area contributed by atoms with E-state index in [1.165, 1.54) is 18.9 Å². The second-order valence-corrected chi connectivity index (χ2v) is 6.90. The number of amides is 2. The van der Waals surface area contributed by atoms with Crippen molar-refractivity contribution >= 4 is 35.4 Å². The fourth-order valence-electron chi connectivity index (χ4n) is 2.65. The average Bonchev–Trinajstić information content (AvgIpc) is 3.04. The van der Waals surface area contributed by atoms with Gasteiger partial charge in [-0.15, -0.1) is 0 Å². The summed E-state index contributed by atoms with van der Waals surface area (Å²) in [5, 5.41) is 6.68. The largest absolute Gasteiger partial charge is 0.466 e. The number of carbonyl (C=O) groups excluding carboxylic acids is 2. The molecule has 26 heavy (non-hydrogen) atoms. The molecule has 0 aliphatic carbocycles. The van der Waals surface area contributed by atoms with E-state index < -0.39 is 18.0 Å². The maximum Gasteiger partial charge on any atom is 0.338 e. The molecule has 1 atom stereocenters. The summed E-state index contributed by atoms with van der Waals surface area (Å²) in [6.45, 7) is 0. The number of carbonyl (C=O) groups is 2. The molecular weight excluding hydrogens is 376 g/mol. The van der Waals surface area contributed by atoms with Crippen molar-refractivity contribution in [1.82, 2.24) is 20.2 Å². The first-order chi connectivity index (χ1) is 12.5. The van der Waals surface area contributed by atoms with Gasteiger partial charge in [-0.05, 0) is 11.6 Å². The van der Waals surface area contributed by atoms with Crippen molar-refractivity contribution in [2.75, 3.05) is 12.9 Å². The van der Waals surface area contributed by atoms with Crippen molar-refractivity contribution in [2.24, 2.45) is 7.05 Å². The molecule has 2 aromatic rings. The molecule has 2 amide bonds. The Labute approximate surface area is 159 Å². The molecule has 1 aliphatic rings. The smallest absolute Gasteiger partial charge is 0.338 e. The van der Waals surface area contributed by atoms with E-state index in [1.807, 2.05) is 17.8 Å². The first-order valence-corrected chi connectivity index (χ1v) is 9.11. The number of halogens is 1. The molecule has 0 radical (unpaired) electrons. The summed E-state index contributed by atoms with van der Waals surface area (Å²) in [4.78, 5) is 28.9. The van der Waals surface area contributed by atoms with E-state index in [4.69, 9.17) is 16.3 Å². The summed E-state index contributed by atoms with van der Waals surface area (Å²) in [6.07, 6.45) is 3.51. The van der Waals surface area contributed by atoms with Crippen molar-refractivity contribution in [3.8, 4) is 0 Å². The van der Waals surface area contributed by atoms with Crippen molar-refractivity contribution in [1.29, 1.82) is 0 Å². The number of aromatic nitrogens is 2. The Hall–Kier alpha value is -2.45. The fraction of sp³-hybridized carbons (Fsp3) is 0.235. The van der Waals surface area contributed by atoms with Crippen LogP contribution in [0, 0.1) is 0 Å². The van der Waals surface area contributed by atoms with Gasteiger partial charge in [0.05, 0.1) is 18.7 Å². The third-order valence-electron chi connectivity index (χ3n) is 3.90. The summed E-state index contributed by atoms with van der Waals surface area (Å²) >= 11 is 7.69. The lowest BCUT2D eigenvalue weighted by atomic mass is 9.95. The van der Waals surface area contributed by atoms with Crippen molar-refractivity contribution in [2.45, 2.75) is 11.2 Å². The number of methoxy groups -OCH3 is 1. The lowest BCUT2D eigenvalue weighted by Gasteiger charge is -2.29. The Morgan fingerprint density at radius 2 is 2.19 bits per heavy atom. The molecular formula is C17H17ClN4O3S. The lowest BCUT2D eigenvalue weighted by Crippen LogP contribution is -2.46. The van der Waals surface area contributed by atoms with Crippen molar-refractivity contribution in [3.05, 3.63) is 58.5 Å². The highest BCUT2D eigenvalue weighted by Gasteiger charge is 2.34.